The monoisotopic (exact) mass is 318 g/mol. The second kappa shape index (κ2) is 7.02. The van der Waals surface area contributed by atoms with E-state index in [0.29, 0.717) is 13.2 Å². The molecule has 0 aliphatic carbocycles. The Bertz CT molecular complexity index is 578. The fourth-order valence-corrected chi connectivity index (χ4v) is 2.77. The third-order valence-corrected chi connectivity index (χ3v) is 3.94. The van der Waals surface area contributed by atoms with Gasteiger partial charge in [-0.15, -0.1) is 0 Å². The van der Waals surface area contributed by atoms with Crippen molar-refractivity contribution >= 4 is 12.0 Å². The highest BCUT2D eigenvalue weighted by Gasteiger charge is 2.29. The third-order valence-electron chi connectivity index (χ3n) is 3.94. The largest absolute Gasteiger partial charge is 0.449 e. The molecule has 1 aromatic rings. The molecule has 1 aliphatic heterocycles. The number of nitrogens with one attached hydrogen (secondary N) is 1. The molecule has 2 rings (SSSR count). The van der Waals surface area contributed by atoms with Crippen molar-refractivity contribution in [2.45, 2.75) is 40.2 Å². The van der Waals surface area contributed by atoms with E-state index < -0.39 is 6.09 Å². The number of ether oxygens (including phenoxy) is 1. The molecular weight excluding hydrogens is 292 g/mol. The van der Waals surface area contributed by atoms with Crippen LogP contribution in [-0.2, 0) is 9.53 Å². The number of carbonyl (C=O) groups excluding carboxylic acids is 2. The Kier molecular flexibility index (Phi) is 5.29. The van der Waals surface area contributed by atoms with Gasteiger partial charge in [-0.05, 0) is 24.3 Å². The quantitative estimate of drug-likeness (QED) is 0.928. The minimum Gasteiger partial charge on any atom is -0.449 e. The molecular formula is C18H26N2O3. The van der Waals surface area contributed by atoms with E-state index in [1.807, 2.05) is 25.1 Å². The Balaban J connectivity index is 2.09. The van der Waals surface area contributed by atoms with Gasteiger partial charge in [0, 0.05) is 6.54 Å². The SMILES string of the molecule is Cc1cccc(C(NC(=O)CN2CCCOC2=O)C(C)(C)C)c1. The van der Waals surface area contributed by atoms with Gasteiger partial charge in [-0.1, -0.05) is 50.6 Å². The van der Waals surface area contributed by atoms with Crippen LogP contribution >= 0.6 is 0 Å². The number of carbonyl (C=O) groups is 2. The number of rotatable bonds is 4. The summed E-state index contributed by atoms with van der Waals surface area (Å²) in [6, 6.07) is 8.03. The second-order valence-corrected chi connectivity index (χ2v) is 7.17. The first-order valence-corrected chi connectivity index (χ1v) is 8.05. The zero-order valence-electron chi connectivity index (χ0n) is 14.4. The van der Waals surface area contributed by atoms with Crippen molar-refractivity contribution in [1.82, 2.24) is 10.2 Å². The third kappa shape index (κ3) is 4.71. The highest BCUT2D eigenvalue weighted by atomic mass is 16.6. The van der Waals surface area contributed by atoms with Gasteiger partial charge in [0.05, 0.1) is 12.6 Å². The van der Waals surface area contributed by atoms with E-state index in [1.54, 1.807) is 0 Å². The standard InChI is InChI=1S/C18H26N2O3/c1-13-7-5-8-14(11-13)16(18(2,3)4)19-15(21)12-20-9-6-10-23-17(20)22/h5,7-8,11,16H,6,9-10,12H2,1-4H3,(H,19,21). The maximum Gasteiger partial charge on any atom is 0.410 e. The van der Waals surface area contributed by atoms with E-state index in [0.717, 1.165) is 17.5 Å². The Labute approximate surface area is 138 Å². The molecule has 0 radical (unpaired) electrons. The van der Waals surface area contributed by atoms with E-state index in [9.17, 15) is 9.59 Å². The van der Waals surface area contributed by atoms with Crippen LogP contribution in [0.3, 0.4) is 0 Å². The molecule has 5 heteroatoms. The molecule has 0 aromatic heterocycles. The van der Waals surface area contributed by atoms with E-state index >= 15 is 0 Å². The fraction of sp³-hybridized carbons (Fsp3) is 0.556. The lowest BCUT2D eigenvalue weighted by Crippen LogP contribution is -2.46. The lowest BCUT2D eigenvalue weighted by molar-refractivity contribution is -0.123. The van der Waals surface area contributed by atoms with E-state index in [1.165, 1.54) is 4.90 Å². The number of hydrogen-bond donors (Lipinski definition) is 1. The summed E-state index contributed by atoms with van der Waals surface area (Å²) in [5.74, 6) is -0.162. The second-order valence-electron chi connectivity index (χ2n) is 7.17. The molecule has 2 amide bonds. The van der Waals surface area contributed by atoms with Gasteiger partial charge in [-0.25, -0.2) is 4.79 Å². The van der Waals surface area contributed by atoms with E-state index in [-0.39, 0.29) is 23.9 Å². The zero-order chi connectivity index (χ0) is 17.0. The number of aryl methyl sites for hydroxylation is 1. The Morgan fingerprint density at radius 1 is 1.39 bits per heavy atom. The van der Waals surface area contributed by atoms with Gasteiger partial charge in [0.2, 0.25) is 5.91 Å². The van der Waals surface area contributed by atoms with Crippen molar-refractivity contribution in [2.75, 3.05) is 19.7 Å². The van der Waals surface area contributed by atoms with Crippen LogP contribution in [0.4, 0.5) is 4.79 Å². The molecule has 1 aliphatic rings. The van der Waals surface area contributed by atoms with Gasteiger partial charge < -0.3 is 10.1 Å². The summed E-state index contributed by atoms with van der Waals surface area (Å²) in [5, 5.41) is 3.08. The summed E-state index contributed by atoms with van der Waals surface area (Å²) in [6.07, 6.45) is 0.355. The number of amides is 2. The van der Waals surface area contributed by atoms with Crippen LogP contribution in [0.15, 0.2) is 24.3 Å². The maximum atomic E-state index is 12.4. The molecule has 1 heterocycles. The maximum absolute atomic E-state index is 12.4. The minimum atomic E-state index is -0.408. The van der Waals surface area contributed by atoms with Crippen LogP contribution in [0.1, 0.15) is 44.4 Å². The summed E-state index contributed by atoms with van der Waals surface area (Å²) in [4.78, 5) is 25.5. The predicted molar refractivity (Wildman–Crippen MR) is 89.1 cm³/mol. The average molecular weight is 318 g/mol. The molecule has 0 bridgehead atoms. The van der Waals surface area contributed by atoms with E-state index in [2.05, 4.69) is 32.2 Å². The van der Waals surface area contributed by atoms with Crippen LogP contribution in [0.5, 0.6) is 0 Å². The van der Waals surface area contributed by atoms with Crippen molar-refractivity contribution in [3.8, 4) is 0 Å². The molecule has 1 aromatic carbocycles. The van der Waals surface area contributed by atoms with Gasteiger partial charge in [0.15, 0.2) is 0 Å². The number of benzene rings is 1. The smallest absolute Gasteiger partial charge is 0.410 e. The topological polar surface area (TPSA) is 58.6 Å². The van der Waals surface area contributed by atoms with Gasteiger partial charge in [0.1, 0.15) is 6.54 Å². The summed E-state index contributed by atoms with van der Waals surface area (Å²) < 4.78 is 4.97. The lowest BCUT2D eigenvalue weighted by atomic mass is 9.82. The molecule has 126 valence electrons. The van der Waals surface area contributed by atoms with Gasteiger partial charge in [-0.2, -0.15) is 0 Å². The zero-order valence-corrected chi connectivity index (χ0v) is 14.4. The molecule has 1 atom stereocenters. The molecule has 1 saturated heterocycles. The molecule has 1 N–H and O–H groups in total. The fourth-order valence-electron chi connectivity index (χ4n) is 2.77. The van der Waals surface area contributed by atoms with Crippen LogP contribution in [-0.4, -0.2) is 36.6 Å². The molecule has 23 heavy (non-hydrogen) atoms. The Morgan fingerprint density at radius 3 is 2.74 bits per heavy atom. The van der Waals surface area contributed by atoms with Crippen molar-refractivity contribution < 1.29 is 14.3 Å². The summed E-state index contributed by atoms with van der Waals surface area (Å²) in [5.41, 5.74) is 2.10. The van der Waals surface area contributed by atoms with Crippen LogP contribution in [0, 0.1) is 12.3 Å². The number of nitrogens with zero attached hydrogens (tertiary/aromatic N) is 1. The first-order valence-electron chi connectivity index (χ1n) is 8.05. The summed E-state index contributed by atoms with van der Waals surface area (Å²) in [7, 11) is 0. The van der Waals surface area contributed by atoms with Gasteiger partial charge in [0.25, 0.3) is 0 Å². The van der Waals surface area contributed by atoms with Crippen LogP contribution < -0.4 is 5.32 Å². The average Bonchev–Trinajstić information content (AvgIpc) is 2.46. The Hall–Kier alpha value is -2.04. The first-order chi connectivity index (χ1) is 10.8. The van der Waals surface area contributed by atoms with Gasteiger partial charge in [-0.3, -0.25) is 9.69 Å². The highest BCUT2D eigenvalue weighted by molar-refractivity contribution is 5.82. The predicted octanol–water partition coefficient (Wildman–Crippen LogP) is 3.04. The summed E-state index contributed by atoms with van der Waals surface area (Å²) in [6.45, 7) is 9.36. The van der Waals surface area contributed by atoms with Gasteiger partial charge >= 0.3 is 6.09 Å². The summed E-state index contributed by atoms with van der Waals surface area (Å²) >= 11 is 0. The molecule has 1 fully saturated rings. The van der Waals surface area contributed by atoms with Crippen molar-refractivity contribution in [3.05, 3.63) is 35.4 Å². The van der Waals surface area contributed by atoms with Crippen molar-refractivity contribution in [2.24, 2.45) is 5.41 Å². The molecule has 5 nitrogen and oxygen atoms in total. The minimum absolute atomic E-state index is 0.0389. The van der Waals surface area contributed by atoms with Crippen molar-refractivity contribution in [3.63, 3.8) is 0 Å². The number of cyclic esters (lactones) is 1. The molecule has 0 spiro atoms. The van der Waals surface area contributed by atoms with E-state index in [4.69, 9.17) is 4.74 Å². The lowest BCUT2D eigenvalue weighted by Gasteiger charge is -2.33. The van der Waals surface area contributed by atoms with Crippen LogP contribution in [0.25, 0.3) is 0 Å². The van der Waals surface area contributed by atoms with Crippen molar-refractivity contribution in [1.29, 1.82) is 0 Å². The normalized spacial score (nSPS) is 16.7. The Morgan fingerprint density at radius 2 is 2.13 bits per heavy atom. The highest BCUT2D eigenvalue weighted by Crippen LogP contribution is 2.33. The van der Waals surface area contributed by atoms with Crippen LogP contribution in [0.2, 0.25) is 0 Å². The molecule has 1 unspecified atom stereocenters. The first kappa shape index (κ1) is 17.3. The number of hydrogen-bond acceptors (Lipinski definition) is 3. The molecule has 0 saturated carbocycles.